The van der Waals surface area contributed by atoms with Gasteiger partial charge in [-0.2, -0.15) is 5.10 Å². The number of hydrogen-bond donors (Lipinski definition) is 1. The van der Waals surface area contributed by atoms with Crippen molar-refractivity contribution in [1.82, 2.24) is 19.4 Å². The number of ether oxygens (including phenoxy) is 1. The second kappa shape index (κ2) is 9.40. The van der Waals surface area contributed by atoms with E-state index in [9.17, 15) is 18.0 Å². The van der Waals surface area contributed by atoms with Gasteiger partial charge in [-0.3, -0.25) is 9.59 Å². The molecule has 2 heterocycles. The number of piperidine rings is 1. The molecule has 1 aliphatic rings. The molecule has 0 spiro atoms. The van der Waals surface area contributed by atoms with Crippen LogP contribution in [-0.4, -0.2) is 61.4 Å². The van der Waals surface area contributed by atoms with Crippen molar-refractivity contribution in [2.75, 3.05) is 33.0 Å². The molecular formula is C20H26N4O5S. The van der Waals surface area contributed by atoms with Gasteiger partial charge in [0.15, 0.2) is 0 Å². The van der Waals surface area contributed by atoms with Crippen molar-refractivity contribution >= 4 is 15.9 Å². The first-order valence-corrected chi connectivity index (χ1v) is 11.6. The van der Waals surface area contributed by atoms with Gasteiger partial charge in [-0.05, 0) is 43.2 Å². The largest absolute Gasteiger partial charge is 0.497 e. The lowest BCUT2D eigenvalue weighted by atomic mass is 9.97. The van der Waals surface area contributed by atoms with Gasteiger partial charge in [0.1, 0.15) is 5.75 Å². The van der Waals surface area contributed by atoms with Crippen molar-refractivity contribution < 1.29 is 17.9 Å². The summed E-state index contributed by atoms with van der Waals surface area (Å²) < 4.78 is 31.0. The van der Waals surface area contributed by atoms with Gasteiger partial charge in [-0.1, -0.05) is 0 Å². The number of carbonyl (C=O) groups excluding carboxylic acids is 1. The molecule has 1 aliphatic heterocycles. The number of nitrogens with one attached hydrogen (secondary N) is 1. The molecule has 1 aromatic carbocycles. The molecule has 1 aromatic heterocycles. The highest BCUT2D eigenvalue weighted by molar-refractivity contribution is 7.88. The Morgan fingerprint density at radius 1 is 1.17 bits per heavy atom. The van der Waals surface area contributed by atoms with Crippen LogP contribution in [0.15, 0.2) is 41.2 Å². The number of aromatic nitrogens is 2. The van der Waals surface area contributed by atoms with Crippen LogP contribution in [0.25, 0.3) is 11.3 Å². The van der Waals surface area contributed by atoms with Gasteiger partial charge < -0.3 is 10.1 Å². The molecule has 0 unspecified atom stereocenters. The first kappa shape index (κ1) is 22.0. The van der Waals surface area contributed by atoms with Gasteiger partial charge in [-0.15, -0.1) is 0 Å². The van der Waals surface area contributed by atoms with Crippen molar-refractivity contribution in [3.8, 4) is 17.0 Å². The molecule has 0 atom stereocenters. The minimum absolute atomic E-state index is 0.123. The third kappa shape index (κ3) is 5.45. The highest BCUT2D eigenvalue weighted by Crippen LogP contribution is 2.20. The summed E-state index contributed by atoms with van der Waals surface area (Å²) in [7, 11) is -1.62. The number of methoxy groups -OCH3 is 1. The Labute approximate surface area is 175 Å². The van der Waals surface area contributed by atoms with Gasteiger partial charge in [0.2, 0.25) is 15.9 Å². The topological polar surface area (TPSA) is 111 Å². The quantitative estimate of drug-likeness (QED) is 0.687. The number of rotatable bonds is 7. The first-order valence-electron chi connectivity index (χ1n) is 9.73. The SMILES string of the molecule is COc1ccc(-c2ccc(=O)n(CCNC(=O)C3CCN(S(C)(=O)=O)CC3)n2)cc1. The molecule has 30 heavy (non-hydrogen) atoms. The second-order valence-corrected chi connectivity index (χ2v) is 9.22. The predicted octanol–water partition coefficient (Wildman–Crippen LogP) is 0.707. The molecule has 3 rings (SSSR count). The average Bonchev–Trinajstić information content (AvgIpc) is 2.74. The summed E-state index contributed by atoms with van der Waals surface area (Å²) in [6.45, 7) is 1.21. The zero-order chi connectivity index (χ0) is 21.7. The zero-order valence-electron chi connectivity index (χ0n) is 17.1. The third-order valence-electron chi connectivity index (χ3n) is 5.17. The van der Waals surface area contributed by atoms with Crippen LogP contribution in [0.2, 0.25) is 0 Å². The smallest absolute Gasteiger partial charge is 0.266 e. The maximum Gasteiger partial charge on any atom is 0.266 e. The zero-order valence-corrected chi connectivity index (χ0v) is 17.9. The van der Waals surface area contributed by atoms with Crippen LogP contribution in [0.5, 0.6) is 5.75 Å². The first-order chi connectivity index (χ1) is 14.3. The van der Waals surface area contributed by atoms with Crippen LogP contribution in [-0.2, 0) is 21.4 Å². The Bertz CT molecular complexity index is 1040. The molecule has 9 nitrogen and oxygen atoms in total. The number of benzene rings is 1. The Kier molecular flexibility index (Phi) is 6.88. The Morgan fingerprint density at radius 3 is 2.43 bits per heavy atom. The van der Waals surface area contributed by atoms with Gasteiger partial charge in [-0.25, -0.2) is 17.4 Å². The maximum absolute atomic E-state index is 12.4. The number of carbonyl (C=O) groups is 1. The van der Waals surface area contributed by atoms with Crippen LogP contribution < -0.4 is 15.6 Å². The summed E-state index contributed by atoms with van der Waals surface area (Å²) >= 11 is 0. The molecule has 1 amide bonds. The van der Waals surface area contributed by atoms with E-state index in [2.05, 4.69) is 10.4 Å². The van der Waals surface area contributed by atoms with Crippen molar-refractivity contribution in [3.05, 3.63) is 46.8 Å². The highest BCUT2D eigenvalue weighted by Gasteiger charge is 2.28. The van der Waals surface area contributed by atoms with Crippen LogP contribution >= 0.6 is 0 Å². The van der Waals surface area contributed by atoms with E-state index in [4.69, 9.17) is 4.74 Å². The molecule has 0 aliphatic carbocycles. The summed E-state index contributed by atoms with van der Waals surface area (Å²) in [6, 6.07) is 10.5. The molecule has 0 bridgehead atoms. The standard InChI is InChI=1S/C20H26N4O5S/c1-29-17-5-3-15(4-6-17)18-7-8-19(25)24(22-18)14-11-21-20(26)16-9-12-23(13-10-16)30(2,27)28/h3-8,16H,9-14H2,1-2H3,(H,21,26). The van der Waals surface area contributed by atoms with Gasteiger partial charge >= 0.3 is 0 Å². The van der Waals surface area contributed by atoms with E-state index in [1.54, 1.807) is 13.2 Å². The van der Waals surface area contributed by atoms with E-state index in [0.717, 1.165) is 11.3 Å². The molecule has 162 valence electrons. The van der Waals surface area contributed by atoms with Gasteiger partial charge in [0.05, 0.1) is 25.6 Å². The van der Waals surface area contributed by atoms with E-state index in [0.29, 0.717) is 31.6 Å². The summed E-state index contributed by atoms with van der Waals surface area (Å²) in [5.41, 5.74) is 1.26. The monoisotopic (exact) mass is 434 g/mol. The fraction of sp³-hybridized carbons (Fsp3) is 0.450. The lowest BCUT2D eigenvalue weighted by molar-refractivity contribution is -0.126. The van der Waals surface area contributed by atoms with Crippen molar-refractivity contribution in [3.63, 3.8) is 0 Å². The van der Waals surface area contributed by atoms with Crippen LogP contribution in [0.1, 0.15) is 12.8 Å². The number of nitrogens with zero attached hydrogens (tertiary/aromatic N) is 3. The average molecular weight is 435 g/mol. The number of sulfonamides is 1. The van der Waals surface area contributed by atoms with Crippen molar-refractivity contribution in [2.24, 2.45) is 5.92 Å². The molecule has 1 N–H and O–H groups in total. The van der Waals surface area contributed by atoms with Gasteiger partial charge in [0, 0.05) is 37.2 Å². The molecule has 1 fully saturated rings. The molecular weight excluding hydrogens is 408 g/mol. The van der Waals surface area contributed by atoms with E-state index < -0.39 is 10.0 Å². The summed E-state index contributed by atoms with van der Waals surface area (Å²) in [5.74, 6) is 0.387. The maximum atomic E-state index is 12.4. The Balaban J connectivity index is 1.55. The fourth-order valence-corrected chi connectivity index (χ4v) is 4.28. The lowest BCUT2D eigenvalue weighted by Gasteiger charge is -2.29. The van der Waals surface area contributed by atoms with Crippen LogP contribution in [0.3, 0.4) is 0 Å². The predicted molar refractivity (Wildman–Crippen MR) is 113 cm³/mol. The Morgan fingerprint density at radius 2 is 1.83 bits per heavy atom. The minimum Gasteiger partial charge on any atom is -0.497 e. The number of amides is 1. The van der Waals surface area contributed by atoms with E-state index in [-0.39, 0.29) is 30.5 Å². The Hall–Kier alpha value is -2.72. The summed E-state index contributed by atoms with van der Waals surface area (Å²) in [4.78, 5) is 24.5. The second-order valence-electron chi connectivity index (χ2n) is 7.24. The molecule has 1 saturated heterocycles. The molecule has 0 radical (unpaired) electrons. The molecule has 0 saturated carbocycles. The third-order valence-corrected chi connectivity index (χ3v) is 6.47. The number of hydrogen-bond acceptors (Lipinski definition) is 6. The van der Waals surface area contributed by atoms with Crippen molar-refractivity contribution in [1.29, 1.82) is 0 Å². The van der Waals surface area contributed by atoms with Crippen LogP contribution in [0.4, 0.5) is 0 Å². The normalized spacial score (nSPS) is 15.7. The minimum atomic E-state index is -3.22. The van der Waals surface area contributed by atoms with E-state index in [1.807, 2.05) is 24.3 Å². The lowest BCUT2D eigenvalue weighted by Crippen LogP contribution is -2.43. The molecule has 2 aromatic rings. The summed E-state index contributed by atoms with van der Waals surface area (Å²) in [5, 5.41) is 7.22. The fourth-order valence-electron chi connectivity index (χ4n) is 3.40. The summed E-state index contributed by atoms with van der Waals surface area (Å²) in [6.07, 6.45) is 2.16. The van der Waals surface area contributed by atoms with Gasteiger partial charge in [0.25, 0.3) is 5.56 Å². The van der Waals surface area contributed by atoms with Crippen molar-refractivity contribution in [2.45, 2.75) is 19.4 Å². The molecule has 10 heteroatoms. The highest BCUT2D eigenvalue weighted by atomic mass is 32.2. The van der Waals surface area contributed by atoms with E-state index in [1.165, 1.54) is 21.3 Å². The van der Waals surface area contributed by atoms with E-state index >= 15 is 0 Å². The van der Waals surface area contributed by atoms with Crippen LogP contribution in [0, 0.1) is 5.92 Å².